The molecule has 1 unspecified atom stereocenters. The number of carbonyl (C=O) groups is 1. The summed E-state index contributed by atoms with van der Waals surface area (Å²) in [6.07, 6.45) is 2.14. The maximum Gasteiger partial charge on any atom is 0.259 e. The molecule has 1 aliphatic rings. The van der Waals surface area contributed by atoms with Gasteiger partial charge in [0.05, 0.1) is 22.7 Å². The first-order valence-electron chi connectivity index (χ1n) is 9.47. The van der Waals surface area contributed by atoms with Crippen LogP contribution in [0.5, 0.6) is 0 Å². The van der Waals surface area contributed by atoms with Crippen LogP contribution in [0.2, 0.25) is 0 Å². The first kappa shape index (κ1) is 18.0. The molecule has 0 saturated heterocycles. The fourth-order valence-electron chi connectivity index (χ4n) is 3.52. The fraction of sp³-hybridized carbons (Fsp3) is 0.227. The summed E-state index contributed by atoms with van der Waals surface area (Å²) in [6, 6.07) is 11.6. The number of hydrogen-bond acceptors (Lipinski definition) is 5. The van der Waals surface area contributed by atoms with E-state index in [9.17, 15) is 9.18 Å². The minimum absolute atomic E-state index is 0.228. The zero-order valence-corrected chi connectivity index (χ0v) is 16.5. The Morgan fingerprint density at radius 2 is 2.07 bits per heavy atom. The minimum atomic E-state index is -0.379. The molecule has 1 aliphatic carbocycles. The van der Waals surface area contributed by atoms with Gasteiger partial charge in [-0.05, 0) is 55.0 Å². The summed E-state index contributed by atoms with van der Waals surface area (Å²) in [4.78, 5) is 18.9. The number of carbonyl (C=O) groups excluding carboxylic acids is 1. The number of nitrogens with zero attached hydrogens (tertiary/aromatic N) is 2. The average Bonchev–Trinajstić information content (AvgIpc) is 3.31. The van der Waals surface area contributed by atoms with Crippen LogP contribution >= 0.6 is 11.3 Å². The van der Waals surface area contributed by atoms with Crippen LogP contribution < -0.4 is 5.32 Å². The molecule has 1 amide bonds. The summed E-state index contributed by atoms with van der Waals surface area (Å²) in [6.45, 7) is 1.80. The van der Waals surface area contributed by atoms with Crippen molar-refractivity contribution in [3.8, 4) is 0 Å². The van der Waals surface area contributed by atoms with Gasteiger partial charge >= 0.3 is 0 Å². The van der Waals surface area contributed by atoms with Crippen LogP contribution in [0.25, 0.3) is 11.1 Å². The van der Waals surface area contributed by atoms with Crippen LogP contribution in [0.15, 0.2) is 52.4 Å². The van der Waals surface area contributed by atoms with Gasteiger partial charge in [0.15, 0.2) is 0 Å². The molecule has 1 fully saturated rings. The van der Waals surface area contributed by atoms with Gasteiger partial charge in [0.1, 0.15) is 5.82 Å². The smallest absolute Gasteiger partial charge is 0.259 e. The molecule has 1 saturated carbocycles. The van der Waals surface area contributed by atoms with Crippen molar-refractivity contribution in [3.05, 3.63) is 81.1 Å². The van der Waals surface area contributed by atoms with Crippen LogP contribution in [-0.4, -0.2) is 16.0 Å². The summed E-state index contributed by atoms with van der Waals surface area (Å²) in [5, 5.41) is 9.71. The SMILES string of the molecule is Cc1noc2nc(C3CC3)cc(C(=O)NC(c3ccc(F)cc3)c3cccs3)c12. The normalized spacial score (nSPS) is 14.8. The predicted octanol–water partition coefficient (Wildman–Crippen LogP) is 5.13. The van der Waals surface area contributed by atoms with Crippen molar-refractivity contribution in [1.29, 1.82) is 0 Å². The van der Waals surface area contributed by atoms with Crippen LogP contribution in [0.3, 0.4) is 0 Å². The van der Waals surface area contributed by atoms with Crippen LogP contribution in [-0.2, 0) is 0 Å². The molecule has 0 aliphatic heterocycles. The number of benzene rings is 1. The molecular formula is C22H18FN3O2S. The highest BCUT2D eigenvalue weighted by atomic mass is 32.1. The van der Waals surface area contributed by atoms with Crippen LogP contribution in [0.1, 0.15) is 57.0 Å². The minimum Gasteiger partial charge on any atom is -0.340 e. The van der Waals surface area contributed by atoms with Crippen molar-refractivity contribution in [1.82, 2.24) is 15.5 Å². The molecule has 0 bridgehead atoms. The van der Waals surface area contributed by atoms with Crippen molar-refractivity contribution < 1.29 is 13.7 Å². The van der Waals surface area contributed by atoms with E-state index in [0.29, 0.717) is 28.3 Å². The summed E-state index contributed by atoms with van der Waals surface area (Å²) >= 11 is 1.54. The van der Waals surface area contributed by atoms with Crippen molar-refractivity contribution in [3.63, 3.8) is 0 Å². The van der Waals surface area contributed by atoms with E-state index in [1.807, 2.05) is 23.6 Å². The lowest BCUT2D eigenvalue weighted by Gasteiger charge is -2.19. The number of aromatic nitrogens is 2. The number of amides is 1. The van der Waals surface area contributed by atoms with Gasteiger partial charge in [-0.25, -0.2) is 9.37 Å². The van der Waals surface area contributed by atoms with E-state index in [0.717, 1.165) is 29.0 Å². The molecule has 1 N–H and O–H groups in total. The van der Waals surface area contributed by atoms with E-state index in [4.69, 9.17) is 4.52 Å². The average molecular weight is 407 g/mol. The molecule has 3 heterocycles. The third-order valence-electron chi connectivity index (χ3n) is 5.18. The number of fused-ring (bicyclic) bond motifs is 1. The van der Waals surface area contributed by atoms with Crippen LogP contribution in [0, 0.1) is 12.7 Å². The maximum absolute atomic E-state index is 13.4. The third kappa shape index (κ3) is 3.42. The third-order valence-corrected chi connectivity index (χ3v) is 6.12. The number of aryl methyl sites for hydroxylation is 1. The molecule has 146 valence electrons. The monoisotopic (exact) mass is 407 g/mol. The van der Waals surface area contributed by atoms with E-state index >= 15 is 0 Å². The maximum atomic E-state index is 13.4. The summed E-state index contributed by atoms with van der Waals surface area (Å²) in [5.41, 5.74) is 3.23. The largest absolute Gasteiger partial charge is 0.340 e. The molecule has 29 heavy (non-hydrogen) atoms. The van der Waals surface area contributed by atoms with Gasteiger partial charge in [-0.3, -0.25) is 4.79 Å². The standard InChI is InChI=1S/C22H18FN3O2S/c1-12-19-16(11-17(13-4-5-13)24-22(19)28-26-12)21(27)25-20(18-3-2-10-29-18)14-6-8-15(23)9-7-14/h2-3,6-11,13,20H,4-5H2,1H3,(H,25,27). The van der Waals surface area contributed by atoms with Crippen LogP contribution in [0.4, 0.5) is 4.39 Å². The first-order chi connectivity index (χ1) is 14.1. The molecule has 1 aromatic carbocycles. The molecule has 7 heteroatoms. The summed E-state index contributed by atoms with van der Waals surface area (Å²) in [7, 11) is 0. The molecule has 5 nitrogen and oxygen atoms in total. The number of nitrogens with one attached hydrogen (secondary N) is 1. The van der Waals surface area contributed by atoms with E-state index in [1.165, 1.54) is 12.1 Å². The van der Waals surface area contributed by atoms with Gasteiger partial charge in [-0.2, -0.15) is 0 Å². The molecular weight excluding hydrogens is 389 g/mol. The number of halogens is 1. The van der Waals surface area contributed by atoms with Crippen molar-refractivity contribution in [2.24, 2.45) is 0 Å². The molecule has 5 rings (SSSR count). The zero-order chi connectivity index (χ0) is 20.0. The Kier molecular flexibility index (Phi) is 4.39. The zero-order valence-electron chi connectivity index (χ0n) is 15.7. The Balaban J connectivity index is 1.55. The molecule has 4 aromatic rings. The Hall–Kier alpha value is -3.06. The van der Waals surface area contributed by atoms with Gasteiger partial charge in [-0.1, -0.05) is 23.4 Å². The second kappa shape index (κ2) is 7.08. The molecule has 1 atom stereocenters. The van der Waals surface area contributed by atoms with Crippen molar-refractivity contribution in [2.75, 3.05) is 0 Å². The second-order valence-corrected chi connectivity index (χ2v) is 8.27. The van der Waals surface area contributed by atoms with E-state index in [-0.39, 0.29) is 17.8 Å². The Morgan fingerprint density at radius 3 is 2.76 bits per heavy atom. The topological polar surface area (TPSA) is 68.0 Å². The van der Waals surface area contributed by atoms with E-state index in [2.05, 4.69) is 15.5 Å². The molecule has 0 radical (unpaired) electrons. The highest BCUT2D eigenvalue weighted by Gasteiger charge is 2.29. The van der Waals surface area contributed by atoms with Crippen molar-refractivity contribution >= 4 is 28.3 Å². The second-order valence-electron chi connectivity index (χ2n) is 7.29. The quantitative estimate of drug-likeness (QED) is 0.498. The highest BCUT2D eigenvalue weighted by molar-refractivity contribution is 7.10. The fourth-order valence-corrected chi connectivity index (χ4v) is 4.32. The molecule has 3 aromatic heterocycles. The number of rotatable bonds is 5. The lowest BCUT2D eigenvalue weighted by atomic mass is 10.0. The first-order valence-corrected chi connectivity index (χ1v) is 10.3. The Morgan fingerprint density at radius 1 is 1.28 bits per heavy atom. The van der Waals surface area contributed by atoms with Gasteiger partial charge in [0, 0.05) is 16.5 Å². The highest BCUT2D eigenvalue weighted by Crippen LogP contribution is 2.40. The van der Waals surface area contributed by atoms with Crippen molar-refractivity contribution in [2.45, 2.75) is 31.7 Å². The number of pyridine rings is 1. The Labute approximate surface area is 170 Å². The van der Waals surface area contributed by atoms with Gasteiger partial charge in [-0.15, -0.1) is 11.3 Å². The van der Waals surface area contributed by atoms with E-state index < -0.39 is 0 Å². The van der Waals surface area contributed by atoms with Gasteiger partial charge in [0.25, 0.3) is 11.6 Å². The van der Waals surface area contributed by atoms with Gasteiger partial charge in [0.2, 0.25) is 0 Å². The summed E-state index contributed by atoms with van der Waals surface area (Å²) < 4.78 is 18.8. The molecule has 0 spiro atoms. The number of thiophene rings is 1. The van der Waals surface area contributed by atoms with E-state index in [1.54, 1.807) is 30.4 Å². The lowest BCUT2D eigenvalue weighted by Crippen LogP contribution is -2.29. The predicted molar refractivity (Wildman–Crippen MR) is 109 cm³/mol. The Bertz CT molecular complexity index is 1180. The van der Waals surface area contributed by atoms with Gasteiger partial charge < -0.3 is 9.84 Å². The lowest BCUT2D eigenvalue weighted by molar-refractivity contribution is 0.0945. The number of hydrogen-bond donors (Lipinski definition) is 1. The summed E-state index contributed by atoms with van der Waals surface area (Å²) in [5.74, 6) is -0.162.